The van der Waals surface area contributed by atoms with E-state index in [1.807, 2.05) is 30.5 Å². The van der Waals surface area contributed by atoms with Gasteiger partial charge >= 0.3 is 0 Å². The molecule has 1 aliphatic heterocycles. The third-order valence-electron chi connectivity index (χ3n) is 7.21. The van der Waals surface area contributed by atoms with Gasteiger partial charge in [-0.2, -0.15) is 0 Å². The van der Waals surface area contributed by atoms with Gasteiger partial charge in [0.05, 0.1) is 12.6 Å². The molecule has 0 bridgehead atoms. The Labute approximate surface area is 232 Å². The highest BCUT2D eigenvalue weighted by molar-refractivity contribution is 5.94. The molecule has 11 heteroatoms. The monoisotopic (exact) mass is 556 g/mol. The highest BCUT2D eigenvalue weighted by Crippen LogP contribution is 2.19. The molecule has 0 radical (unpaired) electrons. The third-order valence-corrected chi connectivity index (χ3v) is 7.21. The van der Waals surface area contributed by atoms with Crippen LogP contribution in [0.15, 0.2) is 54.7 Å². The Morgan fingerprint density at radius 3 is 2.50 bits per heavy atom. The number of nitrogens with zero attached hydrogens (tertiary/aromatic N) is 2. The van der Waals surface area contributed by atoms with Gasteiger partial charge in [0.15, 0.2) is 0 Å². The normalized spacial score (nSPS) is 22.6. The number of H-pyrrole nitrogens is 1. The third kappa shape index (κ3) is 7.43. The molecule has 1 fully saturated rings. The summed E-state index contributed by atoms with van der Waals surface area (Å²) < 4.78 is 18.9. The molecule has 216 valence electrons. The molecule has 10 nitrogen and oxygen atoms in total. The zero-order valence-corrected chi connectivity index (χ0v) is 22.3. The Bertz CT molecular complexity index is 1270. The number of carbonyl (C=O) groups excluding carboxylic acids is 2. The van der Waals surface area contributed by atoms with Crippen molar-refractivity contribution in [3.8, 4) is 0 Å². The molecule has 1 aromatic heterocycles. The van der Waals surface area contributed by atoms with Gasteiger partial charge in [0, 0.05) is 55.4 Å². The summed E-state index contributed by atoms with van der Waals surface area (Å²) in [5.74, 6) is -1.29. The fraction of sp³-hybridized carbons (Fsp3) is 0.448. The summed E-state index contributed by atoms with van der Waals surface area (Å²) in [4.78, 5) is 32.9. The van der Waals surface area contributed by atoms with E-state index in [0.717, 1.165) is 28.6 Å². The molecule has 0 unspecified atom stereocenters. The molecular weight excluding hydrogens is 519 g/mol. The van der Waals surface area contributed by atoms with Gasteiger partial charge in [0.25, 0.3) is 5.91 Å². The number of aliphatic hydroxyl groups is 3. The van der Waals surface area contributed by atoms with E-state index in [2.05, 4.69) is 4.98 Å². The first-order valence-electron chi connectivity index (χ1n) is 13.5. The molecule has 4 atom stereocenters. The Kier molecular flexibility index (Phi) is 10.2. The Balaban J connectivity index is 1.52. The van der Waals surface area contributed by atoms with Crippen molar-refractivity contribution in [1.29, 1.82) is 0 Å². The molecule has 2 amide bonds. The van der Waals surface area contributed by atoms with Crippen molar-refractivity contribution >= 4 is 22.7 Å². The molecule has 4 rings (SSSR count). The lowest BCUT2D eigenvalue weighted by Crippen LogP contribution is -2.51. The fourth-order valence-corrected chi connectivity index (χ4v) is 4.88. The second-order valence-electron chi connectivity index (χ2n) is 10.2. The summed E-state index contributed by atoms with van der Waals surface area (Å²) in [5.41, 5.74) is 8.46. The lowest BCUT2D eigenvalue weighted by atomic mass is 10.0. The standard InChI is InChI=1S/C29H37FN4O6/c30-21-9-7-19(8-10-21)28(38)34-13-12-33(11-3-4-14-40-18-26(36)27(37)25(35)17-34)29(39)23(31)15-20-16-32-24-6-2-1-5-22(20)24/h1-2,5-10,16,23,25-27,32,35-37H,3-4,11-15,17-18,31H2/t23-,25-,26+,27+/m0/s1. The largest absolute Gasteiger partial charge is 0.388 e. The number of ether oxygens (including phenoxy) is 1. The number of nitrogens with two attached hydrogens (primary N) is 1. The van der Waals surface area contributed by atoms with Gasteiger partial charge in [-0.3, -0.25) is 9.59 Å². The predicted octanol–water partition coefficient (Wildman–Crippen LogP) is 1.04. The van der Waals surface area contributed by atoms with E-state index < -0.39 is 36.1 Å². The predicted molar refractivity (Wildman–Crippen MR) is 147 cm³/mol. The molecule has 0 aliphatic carbocycles. The van der Waals surface area contributed by atoms with Crippen LogP contribution < -0.4 is 5.73 Å². The van der Waals surface area contributed by atoms with Crippen LogP contribution in [0.4, 0.5) is 4.39 Å². The van der Waals surface area contributed by atoms with E-state index in [9.17, 15) is 29.3 Å². The number of fused-ring (bicyclic) bond motifs is 1. The molecule has 6 N–H and O–H groups in total. The number of hydrogen-bond acceptors (Lipinski definition) is 7. The second-order valence-corrected chi connectivity index (χ2v) is 10.2. The van der Waals surface area contributed by atoms with E-state index in [0.29, 0.717) is 32.4 Å². The molecule has 2 heterocycles. The maximum absolute atomic E-state index is 13.5. The van der Waals surface area contributed by atoms with Gasteiger partial charge in [0.2, 0.25) is 5.91 Å². The number of hydrogen-bond donors (Lipinski definition) is 5. The molecular formula is C29H37FN4O6. The SMILES string of the molecule is N[C@@H](Cc1c[nH]c2ccccc12)C(=O)N1CCCCOC[C@@H](O)[C@H](O)[C@@H](O)CN(C(=O)c2ccc(F)cc2)CC1. The maximum Gasteiger partial charge on any atom is 0.254 e. The van der Waals surface area contributed by atoms with Gasteiger partial charge in [-0.05, 0) is 55.2 Å². The molecule has 0 saturated carbocycles. The first-order valence-corrected chi connectivity index (χ1v) is 13.5. The van der Waals surface area contributed by atoms with Gasteiger partial charge in [-0.25, -0.2) is 4.39 Å². The van der Waals surface area contributed by atoms with Crippen LogP contribution in [0.1, 0.15) is 28.8 Å². The van der Waals surface area contributed by atoms with Gasteiger partial charge in [-0.1, -0.05) is 18.2 Å². The zero-order valence-electron chi connectivity index (χ0n) is 22.3. The Hall–Kier alpha value is -3.35. The minimum Gasteiger partial charge on any atom is -0.388 e. The maximum atomic E-state index is 13.5. The average molecular weight is 557 g/mol. The van der Waals surface area contributed by atoms with Crippen LogP contribution in [0.25, 0.3) is 10.9 Å². The number of nitrogens with one attached hydrogen (secondary N) is 1. The van der Waals surface area contributed by atoms with Gasteiger partial charge < -0.3 is 40.6 Å². The van der Waals surface area contributed by atoms with E-state index >= 15 is 0 Å². The number of β-amino-alcohol motifs (C(OH)–C–C–N with tert-alkyl or cyclic N) is 1. The molecule has 1 saturated heterocycles. The van der Waals surface area contributed by atoms with Crippen LogP contribution in [0.3, 0.4) is 0 Å². The quantitative estimate of drug-likeness (QED) is 0.322. The van der Waals surface area contributed by atoms with Crippen molar-refractivity contribution < 1.29 is 34.0 Å². The number of amides is 2. The van der Waals surface area contributed by atoms with E-state index in [4.69, 9.17) is 10.5 Å². The van der Waals surface area contributed by atoms with Crippen LogP contribution in [-0.2, 0) is 16.0 Å². The Morgan fingerprint density at radius 2 is 1.73 bits per heavy atom. The number of para-hydroxylation sites is 1. The number of aromatic nitrogens is 1. The van der Waals surface area contributed by atoms with Crippen LogP contribution in [0, 0.1) is 5.82 Å². The number of carbonyl (C=O) groups is 2. The minimum absolute atomic E-state index is 0.0259. The van der Waals surface area contributed by atoms with Crippen LogP contribution >= 0.6 is 0 Å². The van der Waals surface area contributed by atoms with Gasteiger partial charge in [-0.15, -0.1) is 0 Å². The highest BCUT2D eigenvalue weighted by atomic mass is 19.1. The molecule has 0 spiro atoms. The summed E-state index contributed by atoms with van der Waals surface area (Å²) in [6.45, 7) is 0.312. The number of aliphatic hydroxyl groups excluding tert-OH is 3. The summed E-state index contributed by atoms with van der Waals surface area (Å²) >= 11 is 0. The van der Waals surface area contributed by atoms with Crippen LogP contribution in [0.5, 0.6) is 0 Å². The van der Waals surface area contributed by atoms with Crippen LogP contribution in [-0.4, -0.2) is 106 Å². The highest BCUT2D eigenvalue weighted by Gasteiger charge is 2.30. The molecule has 1 aliphatic rings. The lowest BCUT2D eigenvalue weighted by Gasteiger charge is -2.33. The second kappa shape index (κ2) is 13.8. The van der Waals surface area contributed by atoms with Crippen molar-refractivity contribution in [2.75, 3.05) is 39.4 Å². The van der Waals surface area contributed by atoms with E-state index in [1.165, 1.54) is 17.0 Å². The average Bonchev–Trinajstić information content (AvgIpc) is 3.36. The Morgan fingerprint density at radius 1 is 1.00 bits per heavy atom. The molecule has 2 aromatic carbocycles. The molecule has 3 aromatic rings. The van der Waals surface area contributed by atoms with E-state index in [1.54, 1.807) is 4.90 Å². The van der Waals surface area contributed by atoms with Crippen LogP contribution in [0.2, 0.25) is 0 Å². The fourth-order valence-electron chi connectivity index (χ4n) is 4.88. The zero-order chi connectivity index (χ0) is 28.6. The lowest BCUT2D eigenvalue weighted by molar-refractivity contribution is -0.133. The van der Waals surface area contributed by atoms with Crippen molar-refractivity contribution in [3.63, 3.8) is 0 Å². The summed E-state index contributed by atoms with van der Waals surface area (Å²) in [6.07, 6.45) is -1.04. The number of halogens is 1. The van der Waals surface area contributed by atoms with Crippen molar-refractivity contribution in [2.24, 2.45) is 5.73 Å². The summed E-state index contributed by atoms with van der Waals surface area (Å²) in [6, 6.07) is 11.9. The van der Waals surface area contributed by atoms with E-state index in [-0.39, 0.29) is 37.7 Å². The summed E-state index contributed by atoms with van der Waals surface area (Å²) in [5, 5.41) is 32.3. The van der Waals surface area contributed by atoms with Crippen molar-refractivity contribution in [3.05, 3.63) is 71.7 Å². The van der Waals surface area contributed by atoms with Crippen molar-refractivity contribution in [2.45, 2.75) is 43.6 Å². The smallest absolute Gasteiger partial charge is 0.254 e. The number of benzene rings is 2. The first-order chi connectivity index (χ1) is 19.2. The number of aromatic amines is 1. The first kappa shape index (κ1) is 29.6. The molecule has 40 heavy (non-hydrogen) atoms. The topological polar surface area (TPSA) is 152 Å². The summed E-state index contributed by atoms with van der Waals surface area (Å²) in [7, 11) is 0. The minimum atomic E-state index is -1.56. The van der Waals surface area contributed by atoms with Crippen molar-refractivity contribution in [1.82, 2.24) is 14.8 Å². The van der Waals surface area contributed by atoms with Gasteiger partial charge in [0.1, 0.15) is 24.1 Å². The number of rotatable bonds is 4.